The van der Waals surface area contributed by atoms with Gasteiger partial charge in [-0.2, -0.15) is 9.78 Å². The van der Waals surface area contributed by atoms with Crippen molar-refractivity contribution in [3.8, 4) is 11.5 Å². The van der Waals surface area contributed by atoms with Gasteiger partial charge < -0.3 is 14.2 Å². The maximum Gasteiger partial charge on any atom is 0.347 e. The molecule has 3 rings (SSSR count). The average Bonchev–Trinajstić information content (AvgIpc) is 2.75. The van der Waals surface area contributed by atoms with E-state index >= 15 is 0 Å². The summed E-state index contributed by atoms with van der Waals surface area (Å²) in [6.07, 6.45) is 0.585. The molecule has 10 heteroatoms. The molecule has 1 heterocycles. The smallest absolute Gasteiger partial charge is 0.347 e. The Hall–Kier alpha value is -2.72. The molecule has 0 saturated carbocycles. The lowest BCUT2D eigenvalue weighted by molar-refractivity contribution is -0.150. The largest absolute Gasteiger partial charge is 0.493 e. The van der Waals surface area contributed by atoms with Gasteiger partial charge in [0.2, 0.25) is 0 Å². The molecule has 0 unspecified atom stereocenters. The predicted molar refractivity (Wildman–Crippen MR) is 129 cm³/mol. The summed E-state index contributed by atoms with van der Waals surface area (Å²) < 4.78 is 19.0. The number of ether oxygens (including phenoxy) is 3. The first-order chi connectivity index (χ1) is 15.2. The van der Waals surface area contributed by atoms with Crippen molar-refractivity contribution in [2.75, 3.05) is 13.7 Å². The van der Waals surface area contributed by atoms with Crippen LogP contribution in [0, 0.1) is 6.92 Å². The molecule has 1 aromatic heterocycles. The highest BCUT2D eigenvalue weighted by atomic mass is 79.9. The van der Waals surface area contributed by atoms with E-state index in [4.69, 9.17) is 14.2 Å². The highest BCUT2D eigenvalue weighted by molar-refractivity contribution is 9.10. The Balaban J connectivity index is 2.08. The lowest BCUT2D eigenvalue weighted by Crippen LogP contribution is -2.26. The van der Waals surface area contributed by atoms with Crippen LogP contribution in [0.25, 0.3) is 10.9 Å². The first kappa shape index (κ1) is 23.9. The van der Waals surface area contributed by atoms with Crippen molar-refractivity contribution in [2.45, 2.75) is 26.9 Å². The molecule has 8 nitrogen and oxygen atoms in total. The van der Waals surface area contributed by atoms with E-state index in [9.17, 15) is 9.59 Å². The minimum atomic E-state index is -0.874. The first-order valence-electron chi connectivity index (χ1n) is 9.69. The molecule has 2 aromatic carbocycles. The number of benzene rings is 2. The fourth-order valence-electron chi connectivity index (χ4n) is 2.96. The first-order valence-corrected chi connectivity index (χ1v) is 11.3. The van der Waals surface area contributed by atoms with E-state index in [1.54, 1.807) is 45.0 Å². The van der Waals surface area contributed by atoms with Crippen LogP contribution in [0.2, 0.25) is 0 Å². The molecule has 0 aliphatic rings. The molecular weight excluding hydrogens is 546 g/mol. The van der Waals surface area contributed by atoms with Crippen LogP contribution in [0.4, 0.5) is 0 Å². The van der Waals surface area contributed by atoms with Gasteiger partial charge in [0.15, 0.2) is 17.6 Å². The Morgan fingerprint density at radius 1 is 1.25 bits per heavy atom. The van der Waals surface area contributed by atoms with E-state index in [2.05, 4.69) is 41.9 Å². The summed E-state index contributed by atoms with van der Waals surface area (Å²) in [5.74, 6) is 0.603. The third-order valence-electron chi connectivity index (χ3n) is 4.46. The van der Waals surface area contributed by atoms with Crippen LogP contribution in [-0.2, 0) is 9.53 Å². The number of hydrogen-bond donors (Lipinski definition) is 0. The monoisotopic (exact) mass is 565 g/mol. The van der Waals surface area contributed by atoms with E-state index in [-0.39, 0.29) is 12.2 Å². The third-order valence-corrected chi connectivity index (χ3v) is 5.41. The summed E-state index contributed by atoms with van der Waals surface area (Å²) in [5, 5.41) is 4.78. The second-order valence-electron chi connectivity index (χ2n) is 6.72. The van der Waals surface area contributed by atoms with E-state index in [0.29, 0.717) is 38.3 Å². The van der Waals surface area contributed by atoms with Gasteiger partial charge in [0, 0.05) is 14.5 Å². The van der Waals surface area contributed by atoms with E-state index in [1.165, 1.54) is 18.0 Å². The van der Waals surface area contributed by atoms with E-state index in [1.807, 2.05) is 6.07 Å². The fourth-order valence-corrected chi connectivity index (χ4v) is 3.78. The van der Waals surface area contributed by atoms with Gasteiger partial charge in [-0.1, -0.05) is 31.9 Å². The number of aromatic nitrogens is 2. The minimum absolute atomic E-state index is 0.242. The second kappa shape index (κ2) is 10.3. The number of esters is 1. The molecule has 0 spiro atoms. The Bertz CT molecular complexity index is 1260. The van der Waals surface area contributed by atoms with Gasteiger partial charge >= 0.3 is 5.97 Å². The molecule has 0 N–H and O–H groups in total. The van der Waals surface area contributed by atoms with Gasteiger partial charge in [0.25, 0.3) is 5.56 Å². The van der Waals surface area contributed by atoms with Gasteiger partial charge in [-0.25, -0.2) is 9.78 Å². The summed E-state index contributed by atoms with van der Waals surface area (Å²) in [6, 6.07) is 8.74. The van der Waals surface area contributed by atoms with Crippen LogP contribution < -0.4 is 15.0 Å². The number of carbonyl (C=O) groups excluding carboxylic acids is 1. The summed E-state index contributed by atoms with van der Waals surface area (Å²) in [7, 11) is 1.49. The number of methoxy groups -OCH3 is 1. The number of aryl methyl sites for hydroxylation is 1. The topological polar surface area (TPSA) is 92.0 Å². The van der Waals surface area contributed by atoms with Crippen molar-refractivity contribution in [3.63, 3.8) is 0 Å². The minimum Gasteiger partial charge on any atom is -0.493 e. The second-order valence-corrected chi connectivity index (χ2v) is 8.55. The van der Waals surface area contributed by atoms with Gasteiger partial charge in [0.1, 0.15) is 5.82 Å². The van der Waals surface area contributed by atoms with Crippen LogP contribution in [0.5, 0.6) is 11.5 Å². The quantitative estimate of drug-likeness (QED) is 0.310. The van der Waals surface area contributed by atoms with Crippen LogP contribution in [0.3, 0.4) is 0 Å². The average molecular weight is 567 g/mol. The van der Waals surface area contributed by atoms with Gasteiger partial charge in [-0.3, -0.25) is 4.79 Å². The Morgan fingerprint density at radius 3 is 2.69 bits per heavy atom. The molecule has 168 valence electrons. The Morgan fingerprint density at radius 2 is 2.00 bits per heavy atom. The molecule has 1 atom stereocenters. The lowest BCUT2D eigenvalue weighted by atomic mass is 10.2. The van der Waals surface area contributed by atoms with Crippen LogP contribution in [-0.4, -0.2) is 41.7 Å². The molecule has 0 radical (unpaired) electrons. The SMILES string of the molecule is CCOC(=O)[C@@H](C)Oc1c(C=Nn2c(C)nc3ccc(Br)cc3c2=O)cc(Br)cc1OC. The summed E-state index contributed by atoms with van der Waals surface area (Å²) >= 11 is 6.81. The van der Waals surface area contributed by atoms with Crippen molar-refractivity contribution in [3.05, 3.63) is 61.0 Å². The van der Waals surface area contributed by atoms with Crippen molar-refractivity contribution in [2.24, 2.45) is 5.10 Å². The lowest BCUT2D eigenvalue weighted by Gasteiger charge is -2.18. The van der Waals surface area contributed by atoms with Crippen LogP contribution in [0.1, 0.15) is 25.2 Å². The zero-order valence-corrected chi connectivity index (χ0v) is 21.1. The molecule has 0 saturated heterocycles. The Kier molecular flexibility index (Phi) is 7.68. The molecule has 32 heavy (non-hydrogen) atoms. The number of carbonyl (C=O) groups is 1. The van der Waals surface area contributed by atoms with Crippen molar-refractivity contribution >= 4 is 54.9 Å². The van der Waals surface area contributed by atoms with Crippen molar-refractivity contribution in [1.82, 2.24) is 9.66 Å². The number of hydrogen-bond acceptors (Lipinski definition) is 7. The highest BCUT2D eigenvalue weighted by Crippen LogP contribution is 2.35. The number of rotatable bonds is 7. The standard InChI is InChI=1S/C22H21Br2N3O5/c1-5-31-22(29)12(2)32-20-14(8-16(24)10-19(20)30-4)11-25-27-13(3)26-18-7-6-15(23)9-17(18)21(27)28/h6-12H,5H2,1-4H3/t12-/m1/s1. The van der Waals surface area contributed by atoms with Gasteiger partial charge in [-0.05, 0) is 51.1 Å². The van der Waals surface area contributed by atoms with Gasteiger partial charge in [0.05, 0.1) is 30.8 Å². The number of halogens is 2. The zero-order valence-electron chi connectivity index (χ0n) is 17.9. The number of fused-ring (bicyclic) bond motifs is 1. The van der Waals surface area contributed by atoms with Crippen LogP contribution in [0.15, 0.2) is 49.2 Å². The molecule has 0 aliphatic carbocycles. The van der Waals surface area contributed by atoms with Crippen molar-refractivity contribution < 1.29 is 19.0 Å². The van der Waals surface area contributed by atoms with Crippen molar-refractivity contribution in [1.29, 1.82) is 0 Å². The molecule has 0 aliphatic heterocycles. The normalized spacial score (nSPS) is 12.2. The molecule has 0 bridgehead atoms. The summed E-state index contributed by atoms with van der Waals surface area (Å²) in [4.78, 5) is 29.5. The molecule has 0 amide bonds. The van der Waals surface area contributed by atoms with E-state index < -0.39 is 12.1 Å². The number of nitrogens with zero attached hydrogens (tertiary/aromatic N) is 3. The van der Waals surface area contributed by atoms with Gasteiger partial charge in [-0.15, -0.1) is 0 Å². The highest BCUT2D eigenvalue weighted by Gasteiger charge is 2.21. The third kappa shape index (κ3) is 5.18. The summed E-state index contributed by atoms with van der Waals surface area (Å²) in [5.41, 5.74) is 0.765. The predicted octanol–water partition coefficient (Wildman–Crippen LogP) is 4.45. The zero-order chi connectivity index (χ0) is 23.4. The summed E-state index contributed by atoms with van der Waals surface area (Å²) in [6.45, 7) is 5.24. The fraction of sp³-hybridized carbons (Fsp3) is 0.273. The Labute approximate surface area is 201 Å². The molecular formula is C22H21Br2N3O5. The molecule has 0 fully saturated rings. The maximum atomic E-state index is 13.0. The maximum absolute atomic E-state index is 13.0. The van der Waals surface area contributed by atoms with Crippen LogP contribution >= 0.6 is 31.9 Å². The van der Waals surface area contributed by atoms with E-state index in [0.717, 1.165) is 4.47 Å². The molecule has 3 aromatic rings.